The predicted molar refractivity (Wildman–Crippen MR) is 82.4 cm³/mol. The second-order valence-electron chi connectivity index (χ2n) is 5.79. The lowest BCUT2D eigenvalue weighted by molar-refractivity contribution is -0.140. The summed E-state index contributed by atoms with van der Waals surface area (Å²) in [5.41, 5.74) is 1.10. The van der Waals surface area contributed by atoms with E-state index in [1.807, 2.05) is 12.3 Å². The minimum absolute atomic E-state index is 0.0626. The van der Waals surface area contributed by atoms with Gasteiger partial charge in [-0.25, -0.2) is 4.98 Å². The molecule has 2 heterocycles. The van der Waals surface area contributed by atoms with Crippen molar-refractivity contribution in [2.45, 2.75) is 57.4 Å². The van der Waals surface area contributed by atoms with Crippen LogP contribution in [0.5, 0.6) is 0 Å². The van der Waals surface area contributed by atoms with E-state index in [4.69, 9.17) is 0 Å². The number of anilines is 1. The SMILES string of the molecule is CCC(=O)N1CCCCC1C(=O)Nc1nc(C2CC2)cs1. The summed E-state index contributed by atoms with van der Waals surface area (Å²) in [5, 5.41) is 5.59. The average Bonchev–Trinajstić information content (AvgIpc) is 3.27. The number of rotatable bonds is 4. The third-order valence-corrected chi connectivity index (χ3v) is 4.95. The second-order valence-corrected chi connectivity index (χ2v) is 6.65. The summed E-state index contributed by atoms with van der Waals surface area (Å²) >= 11 is 1.48. The van der Waals surface area contributed by atoms with Crippen LogP contribution in [-0.4, -0.2) is 34.3 Å². The predicted octanol–water partition coefficient (Wildman–Crippen LogP) is 2.75. The van der Waals surface area contributed by atoms with E-state index in [-0.39, 0.29) is 17.9 Å². The van der Waals surface area contributed by atoms with Crippen LogP contribution in [0.1, 0.15) is 57.1 Å². The number of hydrogen-bond donors (Lipinski definition) is 1. The first-order chi connectivity index (χ1) is 10.2. The average molecular weight is 307 g/mol. The van der Waals surface area contributed by atoms with E-state index >= 15 is 0 Å². The van der Waals surface area contributed by atoms with Crippen molar-refractivity contribution in [2.24, 2.45) is 0 Å². The first-order valence-electron chi connectivity index (χ1n) is 7.74. The van der Waals surface area contributed by atoms with Gasteiger partial charge in [0.15, 0.2) is 5.13 Å². The van der Waals surface area contributed by atoms with Crippen molar-refractivity contribution in [3.63, 3.8) is 0 Å². The molecule has 1 N–H and O–H groups in total. The summed E-state index contributed by atoms with van der Waals surface area (Å²) in [7, 11) is 0. The highest BCUT2D eigenvalue weighted by Crippen LogP contribution is 2.40. The highest BCUT2D eigenvalue weighted by molar-refractivity contribution is 7.13. The maximum Gasteiger partial charge on any atom is 0.248 e. The maximum atomic E-state index is 12.5. The van der Waals surface area contributed by atoms with Crippen molar-refractivity contribution < 1.29 is 9.59 Å². The summed E-state index contributed by atoms with van der Waals surface area (Å²) in [6.45, 7) is 2.53. The molecule has 3 rings (SSSR count). The van der Waals surface area contributed by atoms with Crippen molar-refractivity contribution in [1.82, 2.24) is 9.88 Å². The first-order valence-corrected chi connectivity index (χ1v) is 8.62. The molecular formula is C15H21N3O2S. The van der Waals surface area contributed by atoms with Crippen molar-refractivity contribution >= 4 is 28.3 Å². The monoisotopic (exact) mass is 307 g/mol. The molecule has 5 nitrogen and oxygen atoms in total. The summed E-state index contributed by atoms with van der Waals surface area (Å²) in [4.78, 5) is 30.6. The van der Waals surface area contributed by atoms with Gasteiger partial charge in [-0.05, 0) is 32.1 Å². The molecule has 1 saturated heterocycles. The largest absolute Gasteiger partial charge is 0.331 e. The normalized spacial score (nSPS) is 22.1. The van der Waals surface area contributed by atoms with E-state index in [2.05, 4.69) is 10.3 Å². The zero-order valence-corrected chi connectivity index (χ0v) is 13.1. The van der Waals surface area contributed by atoms with Gasteiger partial charge in [-0.1, -0.05) is 6.92 Å². The van der Waals surface area contributed by atoms with Gasteiger partial charge in [0.1, 0.15) is 6.04 Å². The zero-order valence-electron chi connectivity index (χ0n) is 12.3. The van der Waals surface area contributed by atoms with Crippen LogP contribution < -0.4 is 5.32 Å². The molecule has 1 atom stereocenters. The van der Waals surface area contributed by atoms with Crippen LogP contribution in [0.4, 0.5) is 5.13 Å². The highest BCUT2D eigenvalue weighted by atomic mass is 32.1. The molecule has 2 aliphatic rings. The molecule has 6 heteroatoms. The summed E-state index contributed by atoms with van der Waals surface area (Å²) in [5.74, 6) is 0.570. The molecule has 0 spiro atoms. The van der Waals surface area contributed by atoms with Crippen molar-refractivity contribution in [3.8, 4) is 0 Å². The van der Waals surface area contributed by atoms with Gasteiger partial charge >= 0.3 is 0 Å². The van der Waals surface area contributed by atoms with E-state index in [1.165, 1.54) is 24.2 Å². The fraction of sp³-hybridized carbons (Fsp3) is 0.667. The Morgan fingerprint density at radius 2 is 2.19 bits per heavy atom. The number of aromatic nitrogens is 1. The molecule has 1 aromatic heterocycles. The fourth-order valence-corrected chi connectivity index (χ4v) is 3.60. The Balaban J connectivity index is 1.65. The van der Waals surface area contributed by atoms with Gasteiger partial charge in [0.2, 0.25) is 11.8 Å². The van der Waals surface area contributed by atoms with Gasteiger partial charge in [0, 0.05) is 24.3 Å². The van der Waals surface area contributed by atoms with Crippen LogP contribution in [0, 0.1) is 0 Å². The lowest BCUT2D eigenvalue weighted by atomic mass is 10.0. The van der Waals surface area contributed by atoms with E-state index in [0.29, 0.717) is 24.0 Å². The van der Waals surface area contributed by atoms with E-state index in [9.17, 15) is 9.59 Å². The number of hydrogen-bond acceptors (Lipinski definition) is 4. The van der Waals surface area contributed by atoms with Gasteiger partial charge in [-0.3, -0.25) is 9.59 Å². The van der Waals surface area contributed by atoms with Gasteiger partial charge in [0.25, 0.3) is 0 Å². The molecule has 1 unspecified atom stereocenters. The second kappa shape index (κ2) is 6.13. The minimum Gasteiger partial charge on any atom is -0.331 e. The fourth-order valence-electron chi connectivity index (χ4n) is 2.80. The highest BCUT2D eigenvalue weighted by Gasteiger charge is 2.32. The molecule has 21 heavy (non-hydrogen) atoms. The quantitative estimate of drug-likeness (QED) is 0.930. The molecule has 1 saturated carbocycles. The Kier molecular flexibility index (Phi) is 4.24. The van der Waals surface area contributed by atoms with Crippen molar-refractivity contribution in [1.29, 1.82) is 0 Å². The van der Waals surface area contributed by atoms with E-state index in [0.717, 1.165) is 25.0 Å². The van der Waals surface area contributed by atoms with Gasteiger partial charge in [0.05, 0.1) is 5.69 Å². The van der Waals surface area contributed by atoms with E-state index < -0.39 is 0 Å². The van der Waals surface area contributed by atoms with Crippen molar-refractivity contribution in [3.05, 3.63) is 11.1 Å². The molecule has 1 aliphatic carbocycles. The number of thiazole rings is 1. The Hall–Kier alpha value is -1.43. The Bertz CT molecular complexity index is 539. The van der Waals surface area contributed by atoms with Crippen LogP contribution in [-0.2, 0) is 9.59 Å². The maximum absolute atomic E-state index is 12.5. The number of nitrogens with zero attached hydrogens (tertiary/aromatic N) is 2. The first kappa shape index (κ1) is 14.5. The van der Waals surface area contributed by atoms with Crippen LogP contribution in [0.15, 0.2) is 5.38 Å². The Morgan fingerprint density at radius 3 is 2.90 bits per heavy atom. The lowest BCUT2D eigenvalue weighted by Crippen LogP contribution is -2.49. The summed E-state index contributed by atoms with van der Waals surface area (Å²) < 4.78 is 0. The molecule has 0 aromatic carbocycles. The number of carbonyl (C=O) groups is 2. The molecule has 114 valence electrons. The van der Waals surface area contributed by atoms with Crippen LogP contribution >= 0.6 is 11.3 Å². The number of amides is 2. The van der Waals surface area contributed by atoms with Crippen LogP contribution in [0.3, 0.4) is 0 Å². The van der Waals surface area contributed by atoms with Gasteiger partial charge in [-0.2, -0.15) is 0 Å². The Labute approximate surface area is 128 Å². The van der Waals surface area contributed by atoms with Crippen LogP contribution in [0.25, 0.3) is 0 Å². The molecule has 0 bridgehead atoms. The number of nitrogens with one attached hydrogen (secondary N) is 1. The molecule has 1 aromatic rings. The number of likely N-dealkylation sites (tertiary alicyclic amines) is 1. The zero-order chi connectivity index (χ0) is 14.8. The third kappa shape index (κ3) is 3.26. The molecule has 2 fully saturated rings. The van der Waals surface area contributed by atoms with Gasteiger partial charge in [-0.15, -0.1) is 11.3 Å². The standard InChI is InChI=1S/C15H21N3O2S/c1-2-13(19)18-8-4-3-5-12(18)14(20)17-15-16-11(9-21-15)10-6-7-10/h9-10,12H,2-8H2,1H3,(H,16,17,20). The Morgan fingerprint density at radius 1 is 1.38 bits per heavy atom. The molecule has 1 aliphatic heterocycles. The topological polar surface area (TPSA) is 62.3 Å². The number of carbonyl (C=O) groups excluding carboxylic acids is 2. The third-order valence-electron chi connectivity index (χ3n) is 4.18. The molecular weight excluding hydrogens is 286 g/mol. The molecule has 2 amide bonds. The summed E-state index contributed by atoms with van der Waals surface area (Å²) in [6, 6.07) is -0.334. The van der Waals surface area contributed by atoms with Crippen molar-refractivity contribution in [2.75, 3.05) is 11.9 Å². The molecule has 0 radical (unpaired) electrons. The van der Waals surface area contributed by atoms with Crippen LogP contribution in [0.2, 0.25) is 0 Å². The van der Waals surface area contributed by atoms with E-state index in [1.54, 1.807) is 4.90 Å². The smallest absolute Gasteiger partial charge is 0.248 e. The van der Waals surface area contributed by atoms with Gasteiger partial charge < -0.3 is 10.2 Å². The summed E-state index contributed by atoms with van der Waals surface area (Å²) in [6.07, 6.45) is 5.59. The minimum atomic E-state index is -0.334. The number of piperidine rings is 1. The lowest BCUT2D eigenvalue weighted by Gasteiger charge is -2.34.